The molecule has 0 aliphatic carbocycles. The lowest BCUT2D eigenvalue weighted by molar-refractivity contribution is -0.384. The van der Waals surface area contributed by atoms with Crippen molar-refractivity contribution in [3.8, 4) is 11.5 Å². The highest BCUT2D eigenvalue weighted by Crippen LogP contribution is 2.29. The number of amidine groups is 1. The zero-order valence-corrected chi connectivity index (χ0v) is 16.9. The summed E-state index contributed by atoms with van der Waals surface area (Å²) in [6.07, 6.45) is 0.169. The molecule has 1 unspecified atom stereocenters. The largest absolute Gasteiger partial charge is 0.485 e. The molecule has 0 radical (unpaired) electrons. The Bertz CT molecular complexity index is 1050. The third-order valence-electron chi connectivity index (χ3n) is 4.93. The van der Waals surface area contributed by atoms with Gasteiger partial charge in [-0.05, 0) is 23.3 Å². The molecule has 7 nitrogen and oxygen atoms in total. The van der Waals surface area contributed by atoms with Crippen molar-refractivity contribution in [2.24, 2.45) is 4.99 Å². The first kappa shape index (κ1) is 20.4. The third kappa shape index (κ3) is 5.39. The molecule has 4 rings (SSSR count). The Balaban J connectivity index is 1.51. The van der Waals surface area contributed by atoms with E-state index in [0.29, 0.717) is 31.1 Å². The standard InChI is InChI=1S/C24H23N3O4/c28-27(29)20-12-10-18(11-13-20)16-23(24-25-14-15-26-24)31-22-9-5-4-8-21(22)30-17-19-6-2-1-3-7-19/h1-13,23H,14-17H2,(H,25,26). The highest BCUT2D eigenvalue weighted by Gasteiger charge is 2.23. The van der Waals surface area contributed by atoms with E-state index in [-0.39, 0.29) is 11.8 Å². The second-order valence-corrected chi connectivity index (χ2v) is 7.15. The molecule has 3 aromatic rings. The van der Waals surface area contributed by atoms with Crippen LogP contribution in [0.5, 0.6) is 11.5 Å². The molecule has 1 atom stereocenters. The van der Waals surface area contributed by atoms with Gasteiger partial charge in [0.05, 0.1) is 11.5 Å². The summed E-state index contributed by atoms with van der Waals surface area (Å²) >= 11 is 0. The highest BCUT2D eigenvalue weighted by molar-refractivity contribution is 5.88. The van der Waals surface area contributed by atoms with E-state index in [1.165, 1.54) is 12.1 Å². The van der Waals surface area contributed by atoms with Crippen LogP contribution in [0.15, 0.2) is 83.9 Å². The third-order valence-corrected chi connectivity index (χ3v) is 4.93. The van der Waals surface area contributed by atoms with Gasteiger partial charge in [-0.25, -0.2) is 0 Å². The van der Waals surface area contributed by atoms with Crippen LogP contribution >= 0.6 is 0 Å². The van der Waals surface area contributed by atoms with E-state index in [1.54, 1.807) is 12.1 Å². The fourth-order valence-electron chi connectivity index (χ4n) is 3.35. The van der Waals surface area contributed by atoms with Crippen molar-refractivity contribution in [2.45, 2.75) is 19.1 Å². The minimum absolute atomic E-state index is 0.0669. The van der Waals surface area contributed by atoms with Gasteiger partial charge in [0.2, 0.25) is 0 Å². The molecule has 1 N–H and O–H groups in total. The minimum Gasteiger partial charge on any atom is -0.485 e. The lowest BCUT2D eigenvalue weighted by atomic mass is 10.1. The number of hydrogen-bond donors (Lipinski definition) is 1. The first-order valence-electron chi connectivity index (χ1n) is 10.1. The molecule has 158 valence electrons. The zero-order chi connectivity index (χ0) is 21.5. The van der Waals surface area contributed by atoms with Gasteiger partial charge in [-0.15, -0.1) is 0 Å². The van der Waals surface area contributed by atoms with Crippen LogP contribution in [0.2, 0.25) is 0 Å². The number of nitrogens with one attached hydrogen (secondary N) is 1. The average Bonchev–Trinajstić information content (AvgIpc) is 3.34. The summed E-state index contributed by atoms with van der Waals surface area (Å²) in [5, 5.41) is 14.2. The van der Waals surface area contributed by atoms with Crippen molar-refractivity contribution in [3.05, 3.63) is 100 Å². The van der Waals surface area contributed by atoms with Crippen LogP contribution in [0.3, 0.4) is 0 Å². The maximum Gasteiger partial charge on any atom is 0.269 e. The molecular weight excluding hydrogens is 394 g/mol. The van der Waals surface area contributed by atoms with Gasteiger partial charge >= 0.3 is 0 Å². The lowest BCUT2D eigenvalue weighted by Gasteiger charge is -2.21. The normalized spacial score (nSPS) is 13.7. The van der Waals surface area contributed by atoms with E-state index in [9.17, 15) is 10.1 Å². The molecule has 0 spiro atoms. The summed E-state index contributed by atoms with van der Waals surface area (Å²) in [6.45, 7) is 1.90. The molecule has 1 heterocycles. The number of non-ortho nitro benzene ring substituents is 1. The number of hydrogen-bond acceptors (Lipinski definition) is 6. The number of ether oxygens (including phenoxy) is 2. The Kier molecular flexibility index (Phi) is 6.42. The van der Waals surface area contributed by atoms with Gasteiger partial charge in [-0.3, -0.25) is 15.1 Å². The Morgan fingerprint density at radius 3 is 2.32 bits per heavy atom. The lowest BCUT2D eigenvalue weighted by Crippen LogP contribution is -2.37. The molecule has 31 heavy (non-hydrogen) atoms. The molecule has 0 amide bonds. The first-order chi connectivity index (χ1) is 15.2. The van der Waals surface area contributed by atoms with Crippen LogP contribution in [-0.4, -0.2) is 30.0 Å². The van der Waals surface area contributed by atoms with Crippen LogP contribution in [0.25, 0.3) is 0 Å². The molecule has 3 aromatic carbocycles. The smallest absolute Gasteiger partial charge is 0.269 e. The second kappa shape index (κ2) is 9.75. The summed E-state index contributed by atoms with van der Waals surface area (Å²) in [5.41, 5.74) is 2.06. The summed E-state index contributed by atoms with van der Waals surface area (Å²) < 4.78 is 12.4. The fraction of sp³-hybridized carbons (Fsp3) is 0.208. The number of nitro benzene ring substituents is 1. The van der Waals surface area contributed by atoms with Gasteiger partial charge in [0.25, 0.3) is 5.69 Å². The van der Waals surface area contributed by atoms with Gasteiger partial charge < -0.3 is 14.8 Å². The van der Waals surface area contributed by atoms with E-state index < -0.39 is 4.92 Å². The highest BCUT2D eigenvalue weighted by atomic mass is 16.6. The molecule has 0 aromatic heterocycles. The van der Waals surface area contributed by atoms with E-state index in [0.717, 1.165) is 23.5 Å². The SMILES string of the molecule is O=[N+]([O-])c1ccc(CC(Oc2ccccc2OCc2ccccc2)C2=NCCN2)cc1. The van der Waals surface area contributed by atoms with Crippen molar-refractivity contribution in [1.82, 2.24) is 5.32 Å². The molecule has 0 saturated heterocycles. The van der Waals surface area contributed by atoms with Gasteiger partial charge in [-0.1, -0.05) is 54.6 Å². The predicted octanol–water partition coefficient (Wildman–Crippen LogP) is 4.17. The van der Waals surface area contributed by atoms with Crippen molar-refractivity contribution in [2.75, 3.05) is 13.1 Å². The fourth-order valence-corrected chi connectivity index (χ4v) is 3.35. The van der Waals surface area contributed by atoms with E-state index in [1.807, 2.05) is 54.6 Å². The topological polar surface area (TPSA) is 86.0 Å². The van der Waals surface area contributed by atoms with Crippen molar-refractivity contribution in [1.29, 1.82) is 0 Å². The molecule has 1 aliphatic heterocycles. The Labute approximate surface area is 180 Å². The molecular formula is C24H23N3O4. The number of aliphatic imine (C=N–C) groups is 1. The molecule has 7 heteroatoms. The maximum atomic E-state index is 10.9. The first-order valence-corrected chi connectivity index (χ1v) is 10.1. The second-order valence-electron chi connectivity index (χ2n) is 7.15. The molecule has 0 bridgehead atoms. The number of rotatable bonds is 9. The van der Waals surface area contributed by atoms with Crippen LogP contribution in [-0.2, 0) is 13.0 Å². The monoisotopic (exact) mass is 417 g/mol. The maximum absolute atomic E-state index is 10.9. The van der Waals surface area contributed by atoms with Crippen molar-refractivity contribution in [3.63, 3.8) is 0 Å². The number of nitrogens with zero attached hydrogens (tertiary/aromatic N) is 2. The predicted molar refractivity (Wildman–Crippen MR) is 119 cm³/mol. The molecule has 1 aliphatic rings. The summed E-state index contributed by atoms with van der Waals surface area (Å²) in [6, 6.07) is 24.0. The van der Waals surface area contributed by atoms with Crippen molar-refractivity contribution < 1.29 is 14.4 Å². The van der Waals surface area contributed by atoms with E-state index >= 15 is 0 Å². The molecule has 0 fully saturated rings. The van der Waals surface area contributed by atoms with Crippen LogP contribution in [0.4, 0.5) is 5.69 Å². The van der Waals surface area contributed by atoms with Crippen LogP contribution in [0, 0.1) is 10.1 Å². The van der Waals surface area contributed by atoms with E-state index in [2.05, 4.69) is 10.3 Å². The summed E-state index contributed by atoms with van der Waals surface area (Å²) in [5.74, 6) is 2.05. The van der Waals surface area contributed by atoms with Crippen molar-refractivity contribution >= 4 is 11.5 Å². The molecule has 0 saturated carbocycles. The Morgan fingerprint density at radius 2 is 1.65 bits per heavy atom. The van der Waals surface area contributed by atoms with Gasteiger partial charge in [0.1, 0.15) is 12.4 Å². The number of nitro groups is 1. The quantitative estimate of drug-likeness (QED) is 0.417. The summed E-state index contributed by atoms with van der Waals surface area (Å²) in [4.78, 5) is 15.1. The minimum atomic E-state index is -0.402. The average molecular weight is 417 g/mol. The zero-order valence-electron chi connectivity index (χ0n) is 16.9. The van der Waals surface area contributed by atoms with Gasteiger partial charge in [0.15, 0.2) is 17.6 Å². The number of benzene rings is 3. The van der Waals surface area contributed by atoms with Gasteiger partial charge in [0, 0.05) is 25.1 Å². The van der Waals surface area contributed by atoms with Gasteiger partial charge in [-0.2, -0.15) is 0 Å². The number of para-hydroxylation sites is 2. The van der Waals surface area contributed by atoms with Crippen LogP contribution < -0.4 is 14.8 Å². The summed E-state index contributed by atoms with van der Waals surface area (Å²) in [7, 11) is 0. The van der Waals surface area contributed by atoms with Crippen LogP contribution in [0.1, 0.15) is 11.1 Å². The Morgan fingerprint density at radius 1 is 0.935 bits per heavy atom. The Hall–Kier alpha value is -3.87. The van der Waals surface area contributed by atoms with E-state index in [4.69, 9.17) is 9.47 Å².